The summed E-state index contributed by atoms with van der Waals surface area (Å²) in [5.74, 6) is 0.511. The number of rotatable bonds is 6. The van der Waals surface area contributed by atoms with Crippen LogP contribution in [0.2, 0.25) is 5.02 Å². The van der Waals surface area contributed by atoms with Crippen molar-refractivity contribution in [3.05, 3.63) is 23.2 Å². The molecule has 0 fully saturated rings. The maximum absolute atomic E-state index is 11.8. The van der Waals surface area contributed by atoms with E-state index in [1.807, 2.05) is 6.92 Å². The lowest BCUT2D eigenvalue weighted by atomic mass is 10.2. The van der Waals surface area contributed by atoms with Gasteiger partial charge in [0.05, 0.1) is 18.2 Å². The summed E-state index contributed by atoms with van der Waals surface area (Å²) in [6, 6.07) is 4.92. The maximum atomic E-state index is 11.8. The minimum absolute atomic E-state index is 0. The summed E-state index contributed by atoms with van der Waals surface area (Å²) in [5, 5.41) is 6.40. The number of carbonyl (C=O) groups excluding carboxylic acids is 1. The third-order valence-electron chi connectivity index (χ3n) is 2.51. The lowest BCUT2D eigenvalue weighted by molar-refractivity contribution is -0.117. The minimum atomic E-state index is -0.231. The van der Waals surface area contributed by atoms with Gasteiger partial charge >= 0.3 is 0 Å². The summed E-state index contributed by atoms with van der Waals surface area (Å²) in [6.07, 6.45) is 0.992. The minimum Gasteiger partial charge on any atom is -0.495 e. The van der Waals surface area contributed by atoms with Crippen LogP contribution in [0.4, 0.5) is 5.69 Å². The fourth-order valence-electron chi connectivity index (χ4n) is 1.45. The Morgan fingerprint density at radius 2 is 2.16 bits per heavy atom. The lowest BCUT2D eigenvalue weighted by Gasteiger charge is -2.14. The Kier molecular flexibility index (Phi) is 8.56. The van der Waals surface area contributed by atoms with Gasteiger partial charge < -0.3 is 15.4 Å². The molecule has 0 aromatic heterocycles. The van der Waals surface area contributed by atoms with E-state index in [2.05, 4.69) is 17.6 Å². The summed E-state index contributed by atoms with van der Waals surface area (Å²) in [4.78, 5) is 11.8. The first-order chi connectivity index (χ1) is 8.58. The molecule has 0 saturated heterocycles. The zero-order valence-corrected chi connectivity index (χ0v) is 12.9. The first-order valence-electron chi connectivity index (χ1n) is 5.96. The second-order valence-electron chi connectivity index (χ2n) is 4.01. The van der Waals surface area contributed by atoms with Crippen LogP contribution in [0.5, 0.6) is 5.75 Å². The molecule has 0 aliphatic carbocycles. The van der Waals surface area contributed by atoms with E-state index in [9.17, 15) is 4.79 Å². The van der Waals surface area contributed by atoms with Crippen LogP contribution in [0.1, 0.15) is 20.3 Å². The Hall–Kier alpha value is -0.970. The molecular formula is C13H20Cl2N2O2. The standard InChI is InChI=1S/C13H19ClN2O2.ClH/c1-4-7-15-9(2)13(17)16-10-5-6-12(18-3)11(14)8-10;/h5-6,8-9,15H,4,7H2,1-3H3,(H,16,17);1H. The van der Waals surface area contributed by atoms with Crippen molar-refractivity contribution in [3.8, 4) is 5.75 Å². The first-order valence-corrected chi connectivity index (χ1v) is 6.34. The van der Waals surface area contributed by atoms with Gasteiger partial charge in [0.1, 0.15) is 5.75 Å². The molecule has 0 spiro atoms. The van der Waals surface area contributed by atoms with Gasteiger partial charge in [-0.1, -0.05) is 18.5 Å². The molecule has 19 heavy (non-hydrogen) atoms. The van der Waals surface area contributed by atoms with Gasteiger partial charge in [0.25, 0.3) is 0 Å². The van der Waals surface area contributed by atoms with Gasteiger partial charge in [-0.05, 0) is 38.1 Å². The number of ether oxygens (including phenoxy) is 1. The number of benzene rings is 1. The van der Waals surface area contributed by atoms with Gasteiger partial charge in [-0.2, -0.15) is 0 Å². The summed E-state index contributed by atoms with van der Waals surface area (Å²) < 4.78 is 5.05. The number of carbonyl (C=O) groups is 1. The SMILES string of the molecule is CCCNC(C)C(=O)Nc1ccc(OC)c(Cl)c1.Cl. The number of methoxy groups -OCH3 is 1. The summed E-state index contributed by atoms with van der Waals surface area (Å²) in [6.45, 7) is 4.70. The predicted molar refractivity (Wildman–Crippen MR) is 81.6 cm³/mol. The molecule has 0 aliphatic rings. The van der Waals surface area contributed by atoms with Gasteiger partial charge in [0, 0.05) is 5.69 Å². The molecule has 4 nitrogen and oxygen atoms in total. The molecular weight excluding hydrogens is 287 g/mol. The topological polar surface area (TPSA) is 50.4 Å². The maximum Gasteiger partial charge on any atom is 0.241 e. The monoisotopic (exact) mass is 306 g/mol. The number of halogens is 2. The predicted octanol–water partition coefficient (Wildman–Crippen LogP) is 3.10. The van der Waals surface area contributed by atoms with Crippen molar-refractivity contribution in [2.45, 2.75) is 26.3 Å². The largest absolute Gasteiger partial charge is 0.495 e. The summed E-state index contributed by atoms with van der Waals surface area (Å²) >= 11 is 5.98. The molecule has 2 N–H and O–H groups in total. The van der Waals surface area contributed by atoms with E-state index in [1.165, 1.54) is 0 Å². The van der Waals surface area contributed by atoms with Crippen LogP contribution in [0, 0.1) is 0 Å². The van der Waals surface area contributed by atoms with E-state index in [0.29, 0.717) is 16.5 Å². The van der Waals surface area contributed by atoms with Crippen molar-refractivity contribution in [3.63, 3.8) is 0 Å². The van der Waals surface area contributed by atoms with Gasteiger partial charge in [-0.25, -0.2) is 0 Å². The number of hydrogen-bond donors (Lipinski definition) is 2. The van der Waals surface area contributed by atoms with Crippen LogP contribution in [0.15, 0.2) is 18.2 Å². The molecule has 0 heterocycles. The van der Waals surface area contributed by atoms with E-state index < -0.39 is 0 Å². The fourth-order valence-corrected chi connectivity index (χ4v) is 1.71. The Morgan fingerprint density at radius 3 is 2.68 bits per heavy atom. The second kappa shape index (κ2) is 9.02. The zero-order valence-electron chi connectivity index (χ0n) is 11.3. The highest BCUT2D eigenvalue weighted by Gasteiger charge is 2.12. The van der Waals surface area contributed by atoms with Crippen LogP contribution in [0.3, 0.4) is 0 Å². The third-order valence-corrected chi connectivity index (χ3v) is 2.81. The van der Waals surface area contributed by atoms with Crippen molar-refractivity contribution >= 4 is 35.6 Å². The van der Waals surface area contributed by atoms with Crippen molar-refractivity contribution < 1.29 is 9.53 Å². The average molecular weight is 307 g/mol. The van der Waals surface area contributed by atoms with Crippen molar-refractivity contribution in [1.82, 2.24) is 5.32 Å². The van der Waals surface area contributed by atoms with Gasteiger partial charge in [-0.15, -0.1) is 12.4 Å². The number of amides is 1. The van der Waals surface area contributed by atoms with Crippen LogP contribution >= 0.6 is 24.0 Å². The average Bonchev–Trinajstić information content (AvgIpc) is 2.36. The molecule has 1 aromatic rings. The van der Waals surface area contributed by atoms with Crippen LogP contribution in [-0.2, 0) is 4.79 Å². The summed E-state index contributed by atoms with van der Waals surface area (Å²) in [5.41, 5.74) is 0.663. The Labute approximate surface area is 125 Å². The third kappa shape index (κ3) is 5.68. The van der Waals surface area contributed by atoms with Gasteiger partial charge in [0.2, 0.25) is 5.91 Å². The molecule has 1 aromatic carbocycles. The smallest absolute Gasteiger partial charge is 0.241 e. The molecule has 0 bridgehead atoms. The van der Waals surface area contributed by atoms with Gasteiger partial charge in [-0.3, -0.25) is 4.79 Å². The molecule has 0 radical (unpaired) electrons. The number of hydrogen-bond acceptors (Lipinski definition) is 3. The summed E-state index contributed by atoms with van der Waals surface area (Å²) in [7, 11) is 1.55. The fraction of sp³-hybridized carbons (Fsp3) is 0.462. The van der Waals surface area contributed by atoms with Crippen molar-refractivity contribution in [2.24, 2.45) is 0 Å². The first kappa shape index (κ1) is 18.0. The Balaban J connectivity index is 0.00000324. The van der Waals surface area contributed by atoms with E-state index in [0.717, 1.165) is 13.0 Å². The lowest BCUT2D eigenvalue weighted by Crippen LogP contribution is -2.38. The van der Waals surface area contributed by atoms with E-state index in [4.69, 9.17) is 16.3 Å². The van der Waals surface area contributed by atoms with Crippen LogP contribution in [-0.4, -0.2) is 25.6 Å². The van der Waals surface area contributed by atoms with E-state index >= 15 is 0 Å². The molecule has 6 heteroatoms. The normalized spacial score (nSPS) is 11.4. The van der Waals surface area contributed by atoms with Gasteiger partial charge in [0.15, 0.2) is 0 Å². The second-order valence-corrected chi connectivity index (χ2v) is 4.42. The molecule has 0 aliphatic heterocycles. The van der Waals surface area contributed by atoms with Crippen LogP contribution < -0.4 is 15.4 Å². The highest BCUT2D eigenvalue weighted by atomic mass is 35.5. The quantitative estimate of drug-likeness (QED) is 0.849. The van der Waals surface area contributed by atoms with Crippen molar-refractivity contribution in [2.75, 3.05) is 19.0 Å². The molecule has 1 rings (SSSR count). The number of anilines is 1. The van der Waals surface area contributed by atoms with E-state index in [1.54, 1.807) is 25.3 Å². The zero-order chi connectivity index (χ0) is 13.5. The Bertz CT molecular complexity index is 414. The highest BCUT2D eigenvalue weighted by molar-refractivity contribution is 6.32. The highest BCUT2D eigenvalue weighted by Crippen LogP contribution is 2.27. The number of nitrogens with one attached hydrogen (secondary N) is 2. The van der Waals surface area contributed by atoms with Crippen molar-refractivity contribution in [1.29, 1.82) is 0 Å². The molecule has 0 saturated carbocycles. The molecule has 1 unspecified atom stereocenters. The van der Waals surface area contributed by atoms with E-state index in [-0.39, 0.29) is 24.4 Å². The molecule has 1 amide bonds. The van der Waals surface area contributed by atoms with Crippen LogP contribution in [0.25, 0.3) is 0 Å². The molecule has 1 atom stereocenters. The molecule has 108 valence electrons. The Morgan fingerprint density at radius 1 is 1.47 bits per heavy atom.